The van der Waals surface area contributed by atoms with E-state index in [1.807, 2.05) is 24.3 Å². The number of fused-ring (bicyclic) bond motifs is 1. The van der Waals surface area contributed by atoms with Gasteiger partial charge in [-0.2, -0.15) is 13.2 Å². The van der Waals surface area contributed by atoms with Crippen LogP contribution in [0.4, 0.5) is 18.0 Å². The van der Waals surface area contributed by atoms with Crippen molar-refractivity contribution in [1.82, 2.24) is 20.0 Å². The van der Waals surface area contributed by atoms with Crippen molar-refractivity contribution in [3.05, 3.63) is 82.1 Å². The summed E-state index contributed by atoms with van der Waals surface area (Å²) < 4.78 is 41.1. The SMILES string of the molecule is CN1C(=O)NC(c2ccccc2C(F)(F)F)C2=C1CN(CC(=O)N1CCc3ccccc3C1)C2=O. The number of hydrogen-bond donors (Lipinski definition) is 1. The van der Waals surface area contributed by atoms with Crippen molar-refractivity contribution < 1.29 is 27.6 Å². The Hall–Kier alpha value is -3.82. The maximum atomic E-state index is 13.7. The van der Waals surface area contributed by atoms with Gasteiger partial charge in [-0.05, 0) is 29.2 Å². The quantitative estimate of drug-likeness (QED) is 0.728. The molecule has 5 rings (SSSR count). The van der Waals surface area contributed by atoms with Gasteiger partial charge in [0.15, 0.2) is 0 Å². The molecule has 1 unspecified atom stereocenters. The summed E-state index contributed by atoms with van der Waals surface area (Å²) in [4.78, 5) is 43.2. The number of alkyl halides is 3. The van der Waals surface area contributed by atoms with Crippen LogP contribution in [-0.2, 0) is 28.7 Å². The van der Waals surface area contributed by atoms with E-state index in [1.165, 1.54) is 40.6 Å². The molecule has 3 heterocycles. The van der Waals surface area contributed by atoms with Crippen LogP contribution in [0.25, 0.3) is 0 Å². The lowest BCUT2D eigenvalue weighted by atomic mass is 9.92. The molecular formula is C25H23F3N4O3. The van der Waals surface area contributed by atoms with Gasteiger partial charge in [0.2, 0.25) is 5.91 Å². The lowest BCUT2D eigenvalue weighted by Gasteiger charge is -2.32. The standard InChI is InChI=1S/C25H23F3N4O3/c1-30-19-13-32(14-20(33)31-11-10-15-6-2-3-7-16(15)12-31)23(34)21(19)22(29-24(30)35)17-8-4-5-9-18(17)25(26,27)28/h2-9,22H,10-14H2,1H3,(H,29,35). The van der Waals surface area contributed by atoms with Crippen LogP contribution in [0.15, 0.2) is 59.8 Å². The van der Waals surface area contributed by atoms with Gasteiger partial charge in [0.1, 0.15) is 6.54 Å². The van der Waals surface area contributed by atoms with Gasteiger partial charge in [-0.15, -0.1) is 0 Å². The van der Waals surface area contributed by atoms with E-state index in [1.54, 1.807) is 4.90 Å². The van der Waals surface area contributed by atoms with Gasteiger partial charge in [0, 0.05) is 20.1 Å². The van der Waals surface area contributed by atoms with E-state index in [9.17, 15) is 27.6 Å². The molecule has 1 atom stereocenters. The maximum absolute atomic E-state index is 13.7. The molecular weight excluding hydrogens is 461 g/mol. The second-order valence-corrected chi connectivity index (χ2v) is 8.88. The van der Waals surface area contributed by atoms with Crippen molar-refractivity contribution in [2.24, 2.45) is 0 Å². The zero-order valence-electron chi connectivity index (χ0n) is 18.9. The van der Waals surface area contributed by atoms with Crippen LogP contribution in [0.3, 0.4) is 0 Å². The lowest BCUT2D eigenvalue weighted by molar-refractivity contribution is -0.139. The Balaban J connectivity index is 1.40. The fourth-order valence-electron chi connectivity index (χ4n) is 4.96. The highest BCUT2D eigenvalue weighted by Gasteiger charge is 2.46. The largest absolute Gasteiger partial charge is 0.416 e. The maximum Gasteiger partial charge on any atom is 0.416 e. The number of amides is 4. The Labute approximate surface area is 199 Å². The van der Waals surface area contributed by atoms with E-state index < -0.39 is 29.7 Å². The molecule has 3 aliphatic heterocycles. The number of rotatable bonds is 3. The number of urea groups is 1. The fourth-order valence-corrected chi connectivity index (χ4v) is 4.96. The highest BCUT2D eigenvalue weighted by atomic mass is 19.4. The molecule has 0 bridgehead atoms. The van der Waals surface area contributed by atoms with Crippen LogP contribution in [0.2, 0.25) is 0 Å². The van der Waals surface area contributed by atoms with Crippen molar-refractivity contribution in [2.75, 3.05) is 26.7 Å². The number of likely N-dealkylation sites (N-methyl/N-ethyl adjacent to an activating group) is 1. The first-order chi connectivity index (χ1) is 16.6. The minimum Gasteiger partial charge on any atom is -0.336 e. The summed E-state index contributed by atoms with van der Waals surface area (Å²) >= 11 is 0. The molecule has 0 fully saturated rings. The fraction of sp³-hybridized carbons (Fsp3) is 0.320. The first-order valence-corrected chi connectivity index (χ1v) is 11.2. The number of nitrogens with zero attached hydrogens (tertiary/aromatic N) is 3. The van der Waals surface area contributed by atoms with Crippen molar-refractivity contribution in [3.63, 3.8) is 0 Å². The Morgan fingerprint density at radius 3 is 2.46 bits per heavy atom. The van der Waals surface area contributed by atoms with Gasteiger partial charge < -0.3 is 15.1 Å². The van der Waals surface area contributed by atoms with Gasteiger partial charge in [0.25, 0.3) is 5.91 Å². The summed E-state index contributed by atoms with van der Waals surface area (Å²) in [5.41, 5.74) is 1.47. The molecule has 35 heavy (non-hydrogen) atoms. The zero-order valence-corrected chi connectivity index (χ0v) is 18.9. The molecule has 4 amide bonds. The Morgan fingerprint density at radius 2 is 1.71 bits per heavy atom. The monoisotopic (exact) mass is 484 g/mol. The second kappa shape index (κ2) is 8.44. The summed E-state index contributed by atoms with van der Waals surface area (Å²) in [6.07, 6.45) is -3.95. The molecule has 1 N–H and O–H groups in total. The summed E-state index contributed by atoms with van der Waals surface area (Å²) in [6.45, 7) is 0.709. The topological polar surface area (TPSA) is 73.0 Å². The number of hydrogen-bond acceptors (Lipinski definition) is 3. The van der Waals surface area contributed by atoms with E-state index in [-0.39, 0.29) is 30.1 Å². The predicted molar refractivity (Wildman–Crippen MR) is 120 cm³/mol. The summed E-state index contributed by atoms with van der Waals surface area (Å²) in [6, 6.07) is 10.9. The third-order valence-electron chi connectivity index (χ3n) is 6.82. The Kier molecular flexibility index (Phi) is 5.53. The third kappa shape index (κ3) is 4.02. The van der Waals surface area contributed by atoms with Gasteiger partial charge in [-0.1, -0.05) is 42.5 Å². The normalized spacial score (nSPS) is 20.1. The van der Waals surface area contributed by atoms with Crippen LogP contribution in [0.1, 0.15) is 28.3 Å². The average molecular weight is 484 g/mol. The second-order valence-electron chi connectivity index (χ2n) is 8.88. The van der Waals surface area contributed by atoms with Crippen LogP contribution in [0, 0.1) is 0 Å². The minimum absolute atomic E-state index is 0.0288. The predicted octanol–water partition coefficient (Wildman–Crippen LogP) is 3.08. The summed E-state index contributed by atoms with van der Waals surface area (Å²) in [5, 5.41) is 2.53. The molecule has 3 aliphatic rings. The van der Waals surface area contributed by atoms with E-state index in [0.29, 0.717) is 25.2 Å². The molecule has 182 valence electrons. The van der Waals surface area contributed by atoms with Crippen molar-refractivity contribution in [3.8, 4) is 0 Å². The number of carbonyl (C=O) groups is 3. The molecule has 0 aliphatic carbocycles. The Morgan fingerprint density at radius 1 is 1.03 bits per heavy atom. The number of benzene rings is 2. The average Bonchev–Trinajstić information content (AvgIpc) is 3.16. The van der Waals surface area contributed by atoms with Crippen molar-refractivity contribution in [2.45, 2.75) is 25.2 Å². The van der Waals surface area contributed by atoms with E-state index in [4.69, 9.17) is 0 Å². The molecule has 2 aromatic rings. The summed E-state index contributed by atoms with van der Waals surface area (Å²) in [5.74, 6) is -0.804. The number of carbonyl (C=O) groups excluding carboxylic acids is 3. The van der Waals surface area contributed by atoms with Crippen LogP contribution < -0.4 is 5.32 Å². The molecule has 0 spiro atoms. The molecule has 0 saturated carbocycles. The first-order valence-electron chi connectivity index (χ1n) is 11.2. The van der Waals surface area contributed by atoms with E-state index >= 15 is 0 Å². The smallest absolute Gasteiger partial charge is 0.336 e. The van der Waals surface area contributed by atoms with Gasteiger partial charge in [0.05, 0.1) is 29.4 Å². The minimum atomic E-state index is -4.66. The van der Waals surface area contributed by atoms with Gasteiger partial charge >= 0.3 is 12.2 Å². The van der Waals surface area contributed by atoms with Gasteiger partial charge in [-0.25, -0.2) is 4.79 Å². The zero-order chi connectivity index (χ0) is 24.9. The molecule has 0 radical (unpaired) electrons. The van der Waals surface area contributed by atoms with Crippen LogP contribution in [0.5, 0.6) is 0 Å². The van der Waals surface area contributed by atoms with Crippen LogP contribution >= 0.6 is 0 Å². The molecule has 0 aromatic heterocycles. The molecule has 10 heteroatoms. The van der Waals surface area contributed by atoms with Crippen molar-refractivity contribution >= 4 is 17.8 Å². The molecule has 0 saturated heterocycles. The highest BCUT2D eigenvalue weighted by molar-refractivity contribution is 6.03. The summed E-state index contributed by atoms with van der Waals surface area (Å²) in [7, 11) is 1.46. The van der Waals surface area contributed by atoms with Crippen molar-refractivity contribution in [1.29, 1.82) is 0 Å². The number of nitrogens with one attached hydrogen (secondary N) is 1. The van der Waals surface area contributed by atoms with E-state index in [2.05, 4.69) is 5.32 Å². The first kappa shape index (κ1) is 22.9. The molecule has 2 aromatic carbocycles. The van der Waals surface area contributed by atoms with Crippen LogP contribution in [-0.4, -0.2) is 59.2 Å². The Bertz CT molecular complexity index is 1260. The van der Waals surface area contributed by atoms with E-state index in [0.717, 1.165) is 11.6 Å². The number of halogens is 3. The lowest BCUT2D eigenvalue weighted by Crippen LogP contribution is -2.45. The highest BCUT2D eigenvalue weighted by Crippen LogP contribution is 2.41. The van der Waals surface area contributed by atoms with Gasteiger partial charge in [-0.3, -0.25) is 14.5 Å². The third-order valence-corrected chi connectivity index (χ3v) is 6.82. The molecule has 7 nitrogen and oxygen atoms in total.